The van der Waals surface area contributed by atoms with E-state index in [2.05, 4.69) is 11.1 Å². The van der Waals surface area contributed by atoms with Crippen molar-refractivity contribution in [2.24, 2.45) is 0 Å². The van der Waals surface area contributed by atoms with Crippen molar-refractivity contribution in [2.75, 3.05) is 0 Å². The van der Waals surface area contributed by atoms with E-state index >= 15 is 0 Å². The first-order chi connectivity index (χ1) is 7.90. The molecular formula is C14H8N2. The quantitative estimate of drug-likeness (QED) is 0.527. The maximum Gasteiger partial charge on any atom is 0.0998 e. The fourth-order valence-corrected chi connectivity index (χ4v) is 1.98. The summed E-state index contributed by atoms with van der Waals surface area (Å²) in [5.74, 6) is 0. The predicted octanol–water partition coefficient (Wildman–Crippen LogP) is 3.26. The van der Waals surface area contributed by atoms with Crippen LogP contribution in [0.25, 0.3) is 21.7 Å². The molecule has 2 aromatic carbocycles. The SMILES string of the molecule is N#Cc1cccc2c1cnc1ccccc12. The molecule has 3 aromatic rings. The van der Waals surface area contributed by atoms with Crippen LogP contribution in [0, 0.1) is 11.3 Å². The van der Waals surface area contributed by atoms with Crippen LogP contribution in [0.1, 0.15) is 5.56 Å². The largest absolute Gasteiger partial charge is 0.256 e. The van der Waals surface area contributed by atoms with Crippen LogP contribution in [0.4, 0.5) is 0 Å². The highest BCUT2D eigenvalue weighted by atomic mass is 14.6. The lowest BCUT2D eigenvalue weighted by atomic mass is 10.0. The van der Waals surface area contributed by atoms with Crippen LogP contribution in [0.15, 0.2) is 48.7 Å². The van der Waals surface area contributed by atoms with Crippen molar-refractivity contribution in [1.29, 1.82) is 5.26 Å². The van der Waals surface area contributed by atoms with Gasteiger partial charge in [0.05, 0.1) is 17.1 Å². The number of fused-ring (bicyclic) bond motifs is 3. The maximum atomic E-state index is 9.03. The summed E-state index contributed by atoms with van der Waals surface area (Å²) in [6.07, 6.45) is 1.77. The van der Waals surface area contributed by atoms with Crippen molar-refractivity contribution >= 4 is 21.7 Å². The van der Waals surface area contributed by atoms with Gasteiger partial charge in [0.2, 0.25) is 0 Å². The van der Waals surface area contributed by atoms with E-state index in [1.165, 1.54) is 0 Å². The molecule has 1 heterocycles. The van der Waals surface area contributed by atoms with Crippen molar-refractivity contribution in [3.05, 3.63) is 54.2 Å². The highest BCUT2D eigenvalue weighted by molar-refractivity contribution is 6.06. The van der Waals surface area contributed by atoms with E-state index in [0.717, 1.165) is 21.7 Å². The van der Waals surface area contributed by atoms with Gasteiger partial charge in [0.1, 0.15) is 0 Å². The van der Waals surface area contributed by atoms with Gasteiger partial charge in [0, 0.05) is 17.0 Å². The number of pyridine rings is 1. The third kappa shape index (κ3) is 1.15. The minimum Gasteiger partial charge on any atom is -0.256 e. The zero-order valence-corrected chi connectivity index (χ0v) is 8.51. The standard InChI is InChI=1S/C14H8N2/c15-8-10-4-3-6-11-12-5-1-2-7-14(12)16-9-13(10)11/h1-7,9H. The summed E-state index contributed by atoms with van der Waals surface area (Å²) in [4.78, 5) is 4.37. The smallest absolute Gasteiger partial charge is 0.0998 e. The molecule has 0 N–H and O–H groups in total. The van der Waals surface area contributed by atoms with Crippen LogP contribution in [0.5, 0.6) is 0 Å². The van der Waals surface area contributed by atoms with E-state index in [9.17, 15) is 0 Å². The Kier molecular flexibility index (Phi) is 1.84. The molecule has 0 bridgehead atoms. The first-order valence-corrected chi connectivity index (χ1v) is 5.07. The van der Waals surface area contributed by atoms with Crippen LogP contribution in [0.2, 0.25) is 0 Å². The number of benzene rings is 2. The lowest BCUT2D eigenvalue weighted by Crippen LogP contribution is -1.84. The minimum absolute atomic E-state index is 0.677. The van der Waals surface area contributed by atoms with Gasteiger partial charge in [-0.2, -0.15) is 5.26 Å². The molecule has 74 valence electrons. The van der Waals surface area contributed by atoms with E-state index < -0.39 is 0 Å². The molecule has 0 unspecified atom stereocenters. The molecule has 0 atom stereocenters. The summed E-state index contributed by atoms with van der Waals surface area (Å²) in [5.41, 5.74) is 1.64. The van der Waals surface area contributed by atoms with E-state index in [-0.39, 0.29) is 0 Å². The van der Waals surface area contributed by atoms with Crippen molar-refractivity contribution in [2.45, 2.75) is 0 Å². The number of hydrogen-bond acceptors (Lipinski definition) is 2. The van der Waals surface area contributed by atoms with Gasteiger partial charge in [-0.1, -0.05) is 30.3 Å². The molecule has 1 aromatic heterocycles. The fourth-order valence-electron chi connectivity index (χ4n) is 1.98. The third-order valence-corrected chi connectivity index (χ3v) is 2.75. The van der Waals surface area contributed by atoms with Crippen molar-refractivity contribution < 1.29 is 0 Å². The normalized spacial score (nSPS) is 10.4. The lowest BCUT2D eigenvalue weighted by molar-refractivity contribution is 1.43. The van der Waals surface area contributed by atoms with E-state index in [4.69, 9.17) is 5.26 Å². The molecule has 0 radical (unpaired) electrons. The molecule has 0 spiro atoms. The minimum atomic E-state index is 0.677. The zero-order valence-electron chi connectivity index (χ0n) is 8.51. The van der Waals surface area contributed by atoms with Crippen LogP contribution in [-0.4, -0.2) is 4.98 Å². The number of nitrogens with zero attached hydrogens (tertiary/aromatic N) is 2. The summed E-state index contributed by atoms with van der Waals surface area (Å²) in [5, 5.41) is 12.1. The van der Waals surface area contributed by atoms with Gasteiger partial charge in [0.15, 0.2) is 0 Å². The third-order valence-electron chi connectivity index (χ3n) is 2.75. The van der Waals surface area contributed by atoms with Crippen molar-refractivity contribution in [3.63, 3.8) is 0 Å². The predicted molar refractivity (Wildman–Crippen MR) is 64.0 cm³/mol. The number of hydrogen-bond donors (Lipinski definition) is 0. The monoisotopic (exact) mass is 204 g/mol. The van der Waals surface area contributed by atoms with Crippen LogP contribution < -0.4 is 0 Å². The van der Waals surface area contributed by atoms with Gasteiger partial charge in [0.25, 0.3) is 0 Å². The Morgan fingerprint density at radius 1 is 0.875 bits per heavy atom. The first kappa shape index (κ1) is 8.87. The van der Waals surface area contributed by atoms with Gasteiger partial charge in [-0.15, -0.1) is 0 Å². The number of para-hydroxylation sites is 1. The Labute approximate surface area is 92.8 Å². The Hall–Kier alpha value is -2.40. The summed E-state index contributed by atoms with van der Waals surface area (Å²) >= 11 is 0. The van der Waals surface area contributed by atoms with E-state index in [1.54, 1.807) is 6.20 Å². The second kappa shape index (κ2) is 3.32. The van der Waals surface area contributed by atoms with Gasteiger partial charge in [-0.05, 0) is 17.5 Å². The number of aromatic nitrogens is 1. The van der Waals surface area contributed by atoms with Gasteiger partial charge >= 0.3 is 0 Å². The van der Waals surface area contributed by atoms with Crippen LogP contribution >= 0.6 is 0 Å². The molecule has 0 amide bonds. The summed E-state index contributed by atoms with van der Waals surface area (Å²) in [7, 11) is 0. The second-order valence-electron chi connectivity index (χ2n) is 3.65. The molecular weight excluding hydrogens is 196 g/mol. The van der Waals surface area contributed by atoms with E-state index in [0.29, 0.717) is 5.56 Å². The van der Waals surface area contributed by atoms with E-state index in [1.807, 2.05) is 42.5 Å². The topological polar surface area (TPSA) is 36.7 Å². The number of rotatable bonds is 0. The molecule has 0 aliphatic heterocycles. The Balaban J connectivity index is 2.58. The molecule has 0 aliphatic rings. The number of nitriles is 1. The Morgan fingerprint density at radius 3 is 2.56 bits per heavy atom. The summed E-state index contributed by atoms with van der Waals surface area (Å²) < 4.78 is 0. The second-order valence-corrected chi connectivity index (χ2v) is 3.65. The molecule has 0 aliphatic carbocycles. The molecule has 0 fully saturated rings. The van der Waals surface area contributed by atoms with Crippen molar-refractivity contribution in [3.8, 4) is 6.07 Å². The zero-order chi connectivity index (χ0) is 11.0. The van der Waals surface area contributed by atoms with Gasteiger partial charge < -0.3 is 0 Å². The Morgan fingerprint density at radius 2 is 1.69 bits per heavy atom. The molecule has 16 heavy (non-hydrogen) atoms. The molecule has 2 heteroatoms. The van der Waals surface area contributed by atoms with Crippen LogP contribution in [-0.2, 0) is 0 Å². The average molecular weight is 204 g/mol. The Bertz CT molecular complexity index is 723. The average Bonchev–Trinajstić information content (AvgIpc) is 2.37. The summed E-state index contributed by atoms with van der Waals surface area (Å²) in [6.45, 7) is 0. The fraction of sp³-hybridized carbons (Fsp3) is 0. The molecule has 2 nitrogen and oxygen atoms in total. The maximum absolute atomic E-state index is 9.03. The van der Waals surface area contributed by atoms with Crippen LogP contribution in [0.3, 0.4) is 0 Å². The first-order valence-electron chi connectivity index (χ1n) is 5.07. The molecule has 0 saturated heterocycles. The molecule has 0 saturated carbocycles. The van der Waals surface area contributed by atoms with Gasteiger partial charge in [-0.3, -0.25) is 4.98 Å². The highest BCUT2D eigenvalue weighted by Crippen LogP contribution is 2.25. The highest BCUT2D eigenvalue weighted by Gasteiger charge is 2.03. The van der Waals surface area contributed by atoms with Crippen molar-refractivity contribution in [1.82, 2.24) is 4.98 Å². The van der Waals surface area contributed by atoms with Gasteiger partial charge in [-0.25, -0.2) is 0 Å². The lowest BCUT2D eigenvalue weighted by Gasteiger charge is -2.03. The molecule has 3 rings (SSSR count). The summed E-state index contributed by atoms with van der Waals surface area (Å²) in [6, 6.07) is 15.9.